The Kier molecular flexibility index (Phi) is 2.49. The van der Waals surface area contributed by atoms with Gasteiger partial charge in [-0.15, -0.1) is 0 Å². The van der Waals surface area contributed by atoms with Crippen molar-refractivity contribution in [1.82, 2.24) is 0 Å². The Labute approximate surface area is 69.4 Å². The predicted molar refractivity (Wildman–Crippen MR) is 42.5 cm³/mol. The van der Waals surface area contributed by atoms with Gasteiger partial charge in [-0.25, -0.2) is 0 Å². The Balaban J connectivity index is 2.86. The average Bonchev–Trinajstić information content (AvgIpc) is 1.93. The van der Waals surface area contributed by atoms with E-state index in [0.717, 1.165) is 6.42 Å². The normalized spacial score (nSPS) is 9.55. The van der Waals surface area contributed by atoms with Gasteiger partial charge < -0.3 is 5.11 Å². The fourth-order valence-electron chi connectivity index (χ4n) is 0.725. The summed E-state index contributed by atoms with van der Waals surface area (Å²) in [6.45, 7) is 0. The highest BCUT2D eigenvalue weighted by Gasteiger charge is 2.03. The maximum atomic E-state index is 10.2. The van der Waals surface area contributed by atoms with Gasteiger partial charge in [0.15, 0.2) is 0 Å². The molecule has 0 bridgehead atoms. The molecule has 57 valence electrons. The van der Waals surface area contributed by atoms with Crippen LogP contribution < -0.4 is 0 Å². The number of carbonyl (C=O) groups is 1. The zero-order valence-corrected chi connectivity index (χ0v) is 6.38. The number of carboxylic acid groups (broad SMARTS) is 1. The Morgan fingerprint density at radius 2 is 2.09 bits per heavy atom. The minimum absolute atomic E-state index is 0.454. The molecule has 0 heterocycles. The van der Waals surface area contributed by atoms with Crippen LogP contribution in [0.1, 0.15) is 5.56 Å². The topological polar surface area (TPSA) is 37.3 Å². The standard InChI is InChI=1S/C8H6ClO2/c9-7-4-2-1-3-6(7)5-8(10)11/h1-5H,(H,10,11). The molecule has 11 heavy (non-hydrogen) atoms. The monoisotopic (exact) mass is 169 g/mol. The third kappa shape index (κ3) is 2.24. The van der Waals surface area contributed by atoms with E-state index < -0.39 is 5.97 Å². The molecular formula is C8H6ClO2. The Morgan fingerprint density at radius 3 is 2.64 bits per heavy atom. The van der Waals surface area contributed by atoms with E-state index in [1.165, 1.54) is 0 Å². The zero-order valence-electron chi connectivity index (χ0n) is 5.62. The minimum atomic E-state index is -0.988. The number of carboxylic acids is 1. The summed E-state index contributed by atoms with van der Waals surface area (Å²) in [7, 11) is 0. The molecule has 1 N–H and O–H groups in total. The second-order valence-corrected chi connectivity index (χ2v) is 2.41. The molecule has 0 aliphatic heterocycles. The summed E-state index contributed by atoms with van der Waals surface area (Å²) in [5, 5.41) is 8.83. The first-order valence-corrected chi connectivity index (χ1v) is 3.40. The van der Waals surface area contributed by atoms with E-state index in [1.54, 1.807) is 24.3 Å². The van der Waals surface area contributed by atoms with E-state index in [9.17, 15) is 4.79 Å². The summed E-state index contributed by atoms with van der Waals surface area (Å²) in [5.41, 5.74) is 0.529. The maximum Gasteiger partial charge on any atom is 0.312 e. The van der Waals surface area contributed by atoms with E-state index in [2.05, 4.69) is 0 Å². The highest BCUT2D eigenvalue weighted by molar-refractivity contribution is 6.31. The molecule has 1 radical (unpaired) electrons. The largest absolute Gasteiger partial charge is 0.481 e. The van der Waals surface area contributed by atoms with E-state index in [-0.39, 0.29) is 0 Å². The molecule has 0 fully saturated rings. The van der Waals surface area contributed by atoms with Crippen LogP contribution in [0.5, 0.6) is 0 Å². The van der Waals surface area contributed by atoms with E-state index >= 15 is 0 Å². The van der Waals surface area contributed by atoms with Crippen LogP contribution in [0.2, 0.25) is 5.02 Å². The molecular weight excluding hydrogens is 164 g/mol. The molecule has 1 rings (SSSR count). The van der Waals surface area contributed by atoms with Crippen LogP contribution in [0.15, 0.2) is 24.3 Å². The second kappa shape index (κ2) is 3.39. The van der Waals surface area contributed by atoms with Gasteiger partial charge in [-0.1, -0.05) is 29.8 Å². The molecule has 0 aromatic heterocycles. The van der Waals surface area contributed by atoms with Crippen LogP contribution in [-0.2, 0) is 4.79 Å². The molecule has 0 unspecified atom stereocenters. The summed E-state index contributed by atoms with van der Waals surface area (Å²) < 4.78 is 0. The first-order valence-electron chi connectivity index (χ1n) is 3.02. The average molecular weight is 170 g/mol. The van der Waals surface area contributed by atoms with Crippen molar-refractivity contribution in [2.24, 2.45) is 0 Å². The van der Waals surface area contributed by atoms with Gasteiger partial charge in [-0.3, -0.25) is 4.79 Å². The van der Waals surface area contributed by atoms with E-state index in [4.69, 9.17) is 16.7 Å². The van der Waals surface area contributed by atoms with Gasteiger partial charge in [0.05, 0.1) is 0 Å². The van der Waals surface area contributed by atoms with Crippen LogP contribution in [0.4, 0.5) is 0 Å². The lowest BCUT2D eigenvalue weighted by Gasteiger charge is -1.97. The molecule has 0 saturated carbocycles. The van der Waals surface area contributed by atoms with E-state index in [0.29, 0.717) is 10.6 Å². The molecule has 0 atom stereocenters. The van der Waals surface area contributed by atoms with Crippen molar-refractivity contribution in [2.75, 3.05) is 0 Å². The summed E-state index contributed by atoms with van der Waals surface area (Å²) in [6, 6.07) is 6.79. The first kappa shape index (κ1) is 8.08. The van der Waals surface area contributed by atoms with Crippen LogP contribution in [0, 0.1) is 6.42 Å². The molecule has 3 heteroatoms. The van der Waals surface area contributed by atoms with Gasteiger partial charge in [0.2, 0.25) is 0 Å². The van der Waals surface area contributed by atoms with Gasteiger partial charge in [0, 0.05) is 5.02 Å². The van der Waals surface area contributed by atoms with Gasteiger partial charge in [0.1, 0.15) is 6.42 Å². The number of benzene rings is 1. The fraction of sp³-hybridized carbons (Fsp3) is 0. The number of rotatable bonds is 2. The van der Waals surface area contributed by atoms with Crippen LogP contribution in [0.3, 0.4) is 0 Å². The van der Waals surface area contributed by atoms with Crippen molar-refractivity contribution in [3.05, 3.63) is 41.3 Å². The first-order chi connectivity index (χ1) is 5.20. The molecule has 0 spiro atoms. The number of hydrogen-bond acceptors (Lipinski definition) is 1. The zero-order chi connectivity index (χ0) is 8.27. The van der Waals surface area contributed by atoms with Crippen molar-refractivity contribution in [1.29, 1.82) is 0 Å². The summed E-state index contributed by atoms with van der Waals surface area (Å²) >= 11 is 5.67. The van der Waals surface area contributed by atoms with Crippen molar-refractivity contribution < 1.29 is 9.90 Å². The molecule has 1 aromatic rings. The molecule has 1 aromatic carbocycles. The molecule has 0 aliphatic rings. The fourth-order valence-corrected chi connectivity index (χ4v) is 0.915. The summed E-state index contributed by atoms with van der Waals surface area (Å²) in [6.07, 6.45) is 1.07. The molecule has 2 nitrogen and oxygen atoms in total. The lowest BCUT2D eigenvalue weighted by atomic mass is 10.1. The summed E-state index contributed by atoms with van der Waals surface area (Å²) in [5.74, 6) is -0.988. The Bertz CT molecular complexity index is 271. The van der Waals surface area contributed by atoms with Gasteiger partial charge in [-0.2, -0.15) is 0 Å². The Hall–Kier alpha value is -1.02. The van der Waals surface area contributed by atoms with Crippen LogP contribution >= 0.6 is 11.6 Å². The van der Waals surface area contributed by atoms with Crippen molar-refractivity contribution in [2.45, 2.75) is 0 Å². The maximum absolute atomic E-state index is 10.2. The van der Waals surface area contributed by atoms with Crippen LogP contribution in [-0.4, -0.2) is 11.1 Å². The van der Waals surface area contributed by atoms with Gasteiger partial charge in [0.25, 0.3) is 0 Å². The van der Waals surface area contributed by atoms with E-state index in [1.807, 2.05) is 0 Å². The van der Waals surface area contributed by atoms with Gasteiger partial charge >= 0.3 is 5.97 Å². The summed E-state index contributed by atoms with van der Waals surface area (Å²) in [4.78, 5) is 10.2. The number of aliphatic carboxylic acids is 1. The molecule has 0 amide bonds. The number of halogens is 1. The third-order valence-corrected chi connectivity index (χ3v) is 1.53. The number of hydrogen-bond donors (Lipinski definition) is 1. The van der Waals surface area contributed by atoms with Crippen molar-refractivity contribution in [3.63, 3.8) is 0 Å². The van der Waals surface area contributed by atoms with Crippen molar-refractivity contribution >= 4 is 17.6 Å². The van der Waals surface area contributed by atoms with Crippen LogP contribution in [0.25, 0.3) is 0 Å². The SMILES string of the molecule is O=C(O)[CH]c1ccccc1Cl. The quantitative estimate of drug-likeness (QED) is 0.735. The van der Waals surface area contributed by atoms with Crippen molar-refractivity contribution in [3.8, 4) is 0 Å². The molecule has 0 saturated heterocycles. The van der Waals surface area contributed by atoms with Gasteiger partial charge in [-0.05, 0) is 11.6 Å². The lowest BCUT2D eigenvalue weighted by molar-refractivity contribution is -0.132. The second-order valence-electron chi connectivity index (χ2n) is 2.00. The minimum Gasteiger partial charge on any atom is -0.481 e. The lowest BCUT2D eigenvalue weighted by Crippen LogP contribution is -1.96. The third-order valence-electron chi connectivity index (χ3n) is 1.18. The highest BCUT2D eigenvalue weighted by Crippen LogP contribution is 2.16. The molecule has 0 aliphatic carbocycles. The highest BCUT2D eigenvalue weighted by atomic mass is 35.5. The Morgan fingerprint density at radius 1 is 1.45 bits per heavy atom. The predicted octanol–water partition coefficient (Wildman–Crippen LogP) is 1.98. The smallest absolute Gasteiger partial charge is 0.312 e.